The summed E-state index contributed by atoms with van der Waals surface area (Å²) in [7, 11) is 0. The number of hydrogen-bond donors (Lipinski definition) is 0. The van der Waals surface area contributed by atoms with Crippen molar-refractivity contribution in [1.82, 2.24) is 0 Å². The Bertz CT molecular complexity index is 342. The first kappa shape index (κ1) is 17.6. The Balaban J connectivity index is 4.21. The number of hydrogen-bond acceptors (Lipinski definition) is 3. The van der Waals surface area contributed by atoms with Gasteiger partial charge in [0.2, 0.25) is 0 Å². The van der Waals surface area contributed by atoms with E-state index in [0.717, 1.165) is 12.8 Å². The van der Waals surface area contributed by atoms with E-state index in [1.807, 2.05) is 0 Å². The van der Waals surface area contributed by atoms with E-state index >= 15 is 0 Å². The molecule has 0 heterocycles. The Labute approximate surface area is 116 Å². The van der Waals surface area contributed by atoms with Gasteiger partial charge >= 0.3 is 11.9 Å². The van der Waals surface area contributed by atoms with Crippen LogP contribution in [-0.2, 0) is 14.3 Å². The van der Waals surface area contributed by atoms with Crippen molar-refractivity contribution in [2.45, 2.75) is 59.3 Å². The molecule has 0 aliphatic carbocycles. The molecule has 0 amide bonds. The van der Waals surface area contributed by atoms with Gasteiger partial charge in [-0.05, 0) is 19.3 Å². The van der Waals surface area contributed by atoms with Crippen LogP contribution in [0.2, 0.25) is 0 Å². The molecule has 1 unspecified atom stereocenters. The van der Waals surface area contributed by atoms with Crippen molar-refractivity contribution in [3.8, 4) is 0 Å². The fourth-order valence-corrected chi connectivity index (χ4v) is 1.81. The van der Waals surface area contributed by atoms with E-state index in [1.165, 1.54) is 26.2 Å². The molecule has 0 N–H and O–H groups in total. The minimum atomic E-state index is -0.676. The maximum Gasteiger partial charge on any atom is 0.341 e. The summed E-state index contributed by atoms with van der Waals surface area (Å²) in [6, 6.07) is 0. The quantitative estimate of drug-likeness (QED) is 0.272. The van der Waals surface area contributed by atoms with Crippen molar-refractivity contribution in [2.75, 3.05) is 0 Å². The van der Waals surface area contributed by atoms with Gasteiger partial charge in [0.25, 0.3) is 0 Å². The zero-order valence-corrected chi connectivity index (χ0v) is 12.5. The SMILES string of the molecule is C=C(C)C(=O)OC(=O)C(=C)CC(CC)CCCCC. The Morgan fingerprint density at radius 2 is 1.74 bits per heavy atom. The van der Waals surface area contributed by atoms with E-state index in [1.54, 1.807) is 0 Å². The van der Waals surface area contributed by atoms with Crippen molar-refractivity contribution in [2.24, 2.45) is 5.92 Å². The van der Waals surface area contributed by atoms with E-state index in [4.69, 9.17) is 0 Å². The summed E-state index contributed by atoms with van der Waals surface area (Å²) in [4.78, 5) is 22.9. The molecular formula is C16H26O3. The smallest absolute Gasteiger partial charge is 0.341 e. The first-order chi connectivity index (χ1) is 8.92. The highest BCUT2D eigenvalue weighted by molar-refractivity contribution is 6.00. The normalized spacial score (nSPS) is 11.7. The largest absolute Gasteiger partial charge is 0.386 e. The summed E-state index contributed by atoms with van der Waals surface area (Å²) >= 11 is 0. The van der Waals surface area contributed by atoms with Crippen LogP contribution < -0.4 is 0 Å². The summed E-state index contributed by atoms with van der Waals surface area (Å²) in [6.07, 6.45) is 6.26. The first-order valence-corrected chi connectivity index (χ1v) is 7.02. The van der Waals surface area contributed by atoms with Crippen LogP contribution in [0.25, 0.3) is 0 Å². The molecule has 108 valence electrons. The summed E-state index contributed by atoms with van der Waals surface area (Å²) < 4.78 is 4.67. The van der Waals surface area contributed by atoms with Crippen molar-refractivity contribution < 1.29 is 14.3 Å². The highest BCUT2D eigenvalue weighted by Crippen LogP contribution is 2.21. The number of carbonyl (C=O) groups excluding carboxylic acids is 2. The molecule has 0 aromatic rings. The van der Waals surface area contributed by atoms with Crippen LogP contribution in [0.15, 0.2) is 24.3 Å². The predicted molar refractivity (Wildman–Crippen MR) is 77.6 cm³/mol. The van der Waals surface area contributed by atoms with Gasteiger partial charge in [0.15, 0.2) is 0 Å². The molecule has 3 nitrogen and oxygen atoms in total. The summed E-state index contributed by atoms with van der Waals surface area (Å²) in [5.41, 5.74) is 0.592. The standard InChI is InChI=1S/C16H26O3/c1-6-8-9-10-14(7-2)11-13(5)16(18)19-15(17)12(3)4/h14H,3,5-11H2,1-2,4H3. The van der Waals surface area contributed by atoms with E-state index in [-0.39, 0.29) is 5.57 Å². The van der Waals surface area contributed by atoms with Gasteiger partial charge < -0.3 is 4.74 Å². The molecule has 0 fully saturated rings. The van der Waals surface area contributed by atoms with Gasteiger partial charge in [-0.2, -0.15) is 0 Å². The Morgan fingerprint density at radius 3 is 2.21 bits per heavy atom. The molecular weight excluding hydrogens is 240 g/mol. The molecule has 0 aromatic heterocycles. The third-order valence-electron chi connectivity index (χ3n) is 3.15. The lowest BCUT2D eigenvalue weighted by molar-refractivity contribution is -0.154. The second-order valence-electron chi connectivity index (χ2n) is 5.04. The van der Waals surface area contributed by atoms with Gasteiger partial charge in [-0.3, -0.25) is 0 Å². The van der Waals surface area contributed by atoms with Crippen molar-refractivity contribution in [3.63, 3.8) is 0 Å². The highest BCUT2D eigenvalue weighted by atomic mass is 16.6. The third kappa shape index (κ3) is 7.60. The van der Waals surface area contributed by atoms with Gasteiger partial charge in [0.1, 0.15) is 0 Å². The lowest BCUT2D eigenvalue weighted by Gasteiger charge is -2.15. The van der Waals surface area contributed by atoms with E-state index in [2.05, 4.69) is 31.7 Å². The Morgan fingerprint density at radius 1 is 1.11 bits per heavy atom. The third-order valence-corrected chi connectivity index (χ3v) is 3.15. The van der Waals surface area contributed by atoms with Crippen LogP contribution in [0.1, 0.15) is 59.3 Å². The molecule has 0 aliphatic heterocycles. The molecule has 0 saturated carbocycles. The van der Waals surface area contributed by atoms with Crippen LogP contribution in [0.5, 0.6) is 0 Å². The minimum Gasteiger partial charge on any atom is -0.386 e. The van der Waals surface area contributed by atoms with Gasteiger partial charge in [-0.15, -0.1) is 0 Å². The zero-order valence-electron chi connectivity index (χ0n) is 12.5. The summed E-state index contributed by atoms with van der Waals surface area (Å²) in [5.74, 6) is -0.862. The monoisotopic (exact) mass is 266 g/mol. The Kier molecular flexibility index (Phi) is 8.84. The topological polar surface area (TPSA) is 43.4 Å². The van der Waals surface area contributed by atoms with E-state index < -0.39 is 11.9 Å². The van der Waals surface area contributed by atoms with Crippen LogP contribution in [0.3, 0.4) is 0 Å². The maximum absolute atomic E-state index is 11.7. The fourth-order valence-electron chi connectivity index (χ4n) is 1.81. The average molecular weight is 266 g/mol. The maximum atomic E-state index is 11.7. The van der Waals surface area contributed by atoms with Crippen LogP contribution >= 0.6 is 0 Å². The van der Waals surface area contributed by atoms with Crippen molar-refractivity contribution in [3.05, 3.63) is 24.3 Å². The van der Waals surface area contributed by atoms with E-state index in [9.17, 15) is 9.59 Å². The molecule has 0 rings (SSSR count). The second-order valence-corrected chi connectivity index (χ2v) is 5.04. The fraction of sp³-hybridized carbons (Fsp3) is 0.625. The predicted octanol–water partition coefficient (Wildman–Crippen LogP) is 4.19. The van der Waals surface area contributed by atoms with Crippen molar-refractivity contribution >= 4 is 11.9 Å². The first-order valence-electron chi connectivity index (χ1n) is 7.02. The number of carbonyl (C=O) groups is 2. The zero-order chi connectivity index (χ0) is 14.8. The van der Waals surface area contributed by atoms with Gasteiger partial charge in [-0.25, -0.2) is 9.59 Å². The summed E-state index contributed by atoms with van der Waals surface area (Å²) in [5, 5.41) is 0. The van der Waals surface area contributed by atoms with Crippen LogP contribution in [0.4, 0.5) is 0 Å². The molecule has 3 heteroatoms. The second kappa shape index (κ2) is 9.54. The van der Waals surface area contributed by atoms with Gasteiger partial charge in [0.05, 0.1) is 0 Å². The average Bonchev–Trinajstić information content (AvgIpc) is 2.37. The molecule has 0 bridgehead atoms. The number of rotatable bonds is 9. The summed E-state index contributed by atoms with van der Waals surface area (Å²) in [6.45, 7) is 12.9. The molecule has 0 aromatic carbocycles. The van der Waals surface area contributed by atoms with Crippen LogP contribution in [0, 0.1) is 5.92 Å². The highest BCUT2D eigenvalue weighted by Gasteiger charge is 2.17. The van der Waals surface area contributed by atoms with Gasteiger partial charge in [-0.1, -0.05) is 59.1 Å². The minimum absolute atomic E-state index is 0.219. The van der Waals surface area contributed by atoms with Crippen molar-refractivity contribution in [1.29, 1.82) is 0 Å². The molecule has 1 atom stereocenters. The van der Waals surface area contributed by atoms with E-state index in [0.29, 0.717) is 17.9 Å². The number of ether oxygens (including phenoxy) is 1. The lowest BCUT2D eigenvalue weighted by atomic mass is 9.92. The molecule has 0 radical (unpaired) electrons. The number of unbranched alkanes of at least 4 members (excludes halogenated alkanes) is 2. The Hall–Kier alpha value is -1.38. The van der Waals surface area contributed by atoms with Gasteiger partial charge in [0, 0.05) is 11.1 Å². The molecule has 19 heavy (non-hydrogen) atoms. The molecule has 0 saturated heterocycles. The number of esters is 2. The molecule has 0 aliphatic rings. The lowest BCUT2D eigenvalue weighted by Crippen LogP contribution is -2.16. The molecule has 0 spiro atoms. The van der Waals surface area contributed by atoms with Crippen LogP contribution in [-0.4, -0.2) is 11.9 Å².